The van der Waals surface area contributed by atoms with E-state index >= 15 is 0 Å². The number of Topliss-reactive ketones (excluding diaryl/α,β-unsaturated/α-hetero) is 1. The van der Waals surface area contributed by atoms with Crippen LogP contribution in [0.5, 0.6) is 0 Å². The number of rotatable bonds is 5. The standard InChI is InChI=1S/C23H21N3O2S/c27-21(18-13-24-19-11-5-3-9-16(18)19)14-29-23-25-20-12-6-4-10-17(20)22(28)26(23)15-7-1-2-8-15/h3-6,9-13,15,24H,1-2,7-8,14H2. The summed E-state index contributed by atoms with van der Waals surface area (Å²) in [5.74, 6) is 0.284. The van der Waals surface area contributed by atoms with Crippen LogP contribution in [-0.2, 0) is 0 Å². The van der Waals surface area contributed by atoms with Gasteiger partial charge in [-0.25, -0.2) is 4.98 Å². The first-order chi connectivity index (χ1) is 14.2. The molecule has 0 aliphatic heterocycles. The Morgan fingerprint density at radius 1 is 1.07 bits per heavy atom. The molecule has 5 nitrogen and oxygen atoms in total. The Morgan fingerprint density at radius 2 is 1.79 bits per heavy atom. The van der Waals surface area contributed by atoms with E-state index in [1.54, 1.807) is 6.20 Å². The smallest absolute Gasteiger partial charge is 0.262 e. The molecule has 1 N–H and O–H groups in total. The van der Waals surface area contributed by atoms with Crippen molar-refractivity contribution < 1.29 is 4.79 Å². The summed E-state index contributed by atoms with van der Waals surface area (Å²) in [6.45, 7) is 0. The van der Waals surface area contributed by atoms with Crippen molar-refractivity contribution >= 4 is 39.4 Å². The molecule has 1 fully saturated rings. The third-order valence-corrected chi connectivity index (χ3v) is 6.64. The lowest BCUT2D eigenvalue weighted by Gasteiger charge is -2.18. The Labute approximate surface area is 172 Å². The number of ketones is 1. The SMILES string of the molecule is O=C(CSc1nc2ccccc2c(=O)n1C1CCCC1)c1c[nH]c2ccccc12. The van der Waals surface area contributed by atoms with Gasteiger partial charge in [-0.15, -0.1) is 0 Å². The molecule has 4 aromatic rings. The number of carbonyl (C=O) groups excluding carboxylic acids is 1. The predicted octanol–water partition coefficient (Wildman–Crippen LogP) is 4.97. The zero-order chi connectivity index (χ0) is 19.8. The van der Waals surface area contributed by atoms with E-state index in [0.29, 0.717) is 21.6 Å². The molecule has 0 atom stereocenters. The Kier molecular flexibility index (Phi) is 4.72. The Hall–Kier alpha value is -2.86. The number of H-pyrrole nitrogens is 1. The highest BCUT2D eigenvalue weighted by molar-refractivity contribution is 7.99. The van der Waals surface area contributed by atoms with E-state index in [0.717, 1.165) is 36.6 Å². The van der Waals surface area contributed by atoms with Crippen LogP contribution in [0.1, 0.15) is 42.1 Å². The monoisotopic (exact) mass is 403 g/mol. The van der Waals surface area contributed by atoms with Gasteiger partial charge < -0.3 is 4.98 Å². The van der Waals surface area contributed by atoms with E-state index in [1.165, 1.54) is 11.8 Å². The highest BCUT2D eigenvalue weighted by Crippen LogP contribution is 2.32. The number of hydrogen-bond acceptors (Lipinski definition) is 4. The van der Waals surface area contributed by atoms with Crippen molar-refractivity contribution in [1.29, 1.82) is 0 Å². The van der Waals surface area contributed by atoms with Crippen LogP contribution in [0.25, 0.3) is 21.8 Å². The average Bonchev–Trinajstić information content (AvgIpc) is 3.42. The van der Waals surface area contributed by atoms with Gasteiger partial charge in [-0.3, -0.25) is 14.2 Å². The predicted molar refractivity (Wildman–Crippen MR) is 117 cm³/mol. The topological polar surface area (TPSA) is 67.8 Å². The van der Waals surface area contributed by atoms with Crippen LogP contribution in [0.15, 0.2) is 64.7 Å². The van der Waals surface area contributed by atoms with E-state index in [1.807, 2.05) is 53.1 Å². The molecule has 0 unspecified atom stereocenters. The number of aromatic nitrogens is 3. The summed E-state index contributed by atoms with van der Waals surface area (Å²) >= 11 is 1.37. The normalized spacial score (nSPS) is 14.8. The third-order valence-electron chi connectivity index (χ3n) is 5.69. The number of nitrogens with one attached hydrogen (secondary N) is 1. The Bertz CT molecular complexity index is 1270. The lowest BCUT2D eigenvalue weighted by molar-refractivity contribution is 0.102. The third kappa shape index (κ3) is 3.27. The quantitative estimate of drug-likeness (QED) is 0.290. The van der Waals surface area contributed by atoms with Gasteiger partial charge in [0.2, 0.25) is 0 Å². The number of para-hydroxylation sites is 2. The summed E-state index contributed by atoms with van der Waals surface area (Å²) in [6, 6.07) is 15.4. The number of carbonyl (C=O) groups is 1. The molecule has 146 valence electrons. The summed E-state index contributed by atoms with van der Waals surface area (Å²) in [4.78, 5) is 34.0. The van der Waals surface area contributed by atoms with Gasteiger partial charge in [-0.2, -0.15) is 0 Å². The van der Waals surface area contributed by atoms with Crippen molar-refractivity contribution in [2.45, 2.75) is 36.9 Å². The fourth-order valence-corrected chi connectivity index (χ4v) is 5.17. The van der Waals surface area contributed by atoms with Crippen LogP contribution in [0, 0.1) is 0 Å². The van der Waals surface area contributed by atoms with Crippen LogP contribution >= 0.6 is 11.8 Å². The second-order valence-corrected chi connectivity index (χ2v) is 8.43. The van der Waals surface area contributed by atoms with Crippen molar-refractivity contribution in [2.75, 3.05) is 5.75 Å². The van der Waals surface area contributed by atoms with E-state index in [-0.39, 0.29) is 23.1 Å². The van der Waals surface area contributed by atoms with Gasteiger partial charge in [0, 0.05) is 28.7 Å². The minimum absolute atomic E-state index is 0.00421. The number of fused-ring (bicyclic) bond motifs is 2. The summed E-state index contributed by atoms with van der Waals surface area (Å²) in [5.41, 5.74) is 2.33. The minimum atomic E-state index is 0.00421. The second kappa shape index (κ2) is 7.52. The van der Waals surface area contributed by atoms with Crippen LogP contribution < -0.4 is 5.56 Å². The van der Waals surface area contributed by atoms with Gasteiger partial charge in [-0.05, 0) is 31.0 Å². The number of hydrogen-bond donors (Lipinski definition) is 1. The molecule has 2 aromatic carbocycles. The van der Waals surface area contributed by atoms with Crippen molar-refractivity contribution in [3.63, 3.8) is 0 Å². The van der Waals surface area contributed by atoms with E-state index < -0.39 is 0 Å². The Morgan fingerprint density at radius 3 is 2.62 bits per heavy atom. The maximum Gasteiger partial charge on any atom is 0.262 e. The lowest BCUT2D eigenvalue weighted by Crippen LogP contribution is -2.26. The fraction of sp³-hybridized carbons (Fsp3) is 0.261. The summed E-state index contributed by atoms with van der Waals surface area (Å²) in [6.07, 6.45) is 6.00. The van der Waals surface area contributed by atoms with E-state index in [4.69, 9.17) is 4.98 Å². The van der Waals surface area contributed by atoms with Crippen molar-refractivity contribution in [3.05, 3.63) is 70.6 Å². The summed E-state index contributed by atoms with van der Waals surface area (Å²) in [7, 11) is 0. The van der Waals surface area contributed by atoms with Crippen LogP contribution in [0.3, 0.4) is 0 Å². The van der Waals surface area contributed by atoms with E-state index in [2.05, 4.69) is 4.98 Å². The molecular formula is C23H21N3O2S. The highest BCUT2D eigenvalue weighted by Gasteiger charge is 2.23. The molecule has 5 rings (SSSR count). The van der Waals surface area contributed by atoms with Crippen LogP contribution in [0.2, 0.25) is 0 Å². The molecule has 1 aliphatic carbocycles. The van der Waals surface area contributed by atoms with E-state index in [9.17, 15) is 9.59 Å². The number of benzene rings is 2. The van der Waals surface area contributed by atoms with Gasteiger partial charge in [0.1, 0.15) is 0 Å². The molecular weight excluding hydrogens is 382 g/mol. The molecule has 2 heterocycles. The van der Waals surface area contributed by atoms with Gasteiger partial charge in [-0.1, -0.05) is 54.9 Å². The van der Waals surface area contributed by atoms with Crippen molar-refractivity contribution in [1.82, 2.24) is 14.5 Å². The molecule has 0 amide bonds. The minimum Gasteiger partial charge on any atom is -0.360 e. The van der Waals surface area contributed by atoms with Gasteiger partial charge in [0.15, 0.2) is 10.9 Å². The first kappa shape index (κ1) is 18.2. The maximum absolute atomic E-state index is 13.2. The molecule has 1 aliphatic rings. The molecule has 29 heavy (non-hydrogen) atoms. The molecule has 0 spiro atoms. The highest BCUT2D eigenvalue weighted by atomic mass is 32.2. The van der Waals surface area contributed by atoms with Gasteiger partial charge in [0.05, 0.1) is 16.7 Å². The number of aromatic amines is 1. The maximum atomic E-state index is 13.2. The Balaban J connectivity index is 1.50. The lowest BCUT2D eigenvalue weighted by atomic mass is 10.1. The fourth-order valence-electron chi connectivity index (χ4n) is 4.22. The summed E-state index contributed by atoms with van der Waals surface area (Å²) < 4.78 is 1.84. The first-order valence-corrected chi connectivity index (χ1v) is 10.9. The first-order valence-electron chi connectivity index (χ1n) is 9.96. The number of nitrogens with zero attached hydrogens (tertiary/aromatic N) is 2. The zero-order valence-electron chi connectivity index (χ0n) is 15.9. The van der Waals surface area contributed by atoms with Crippen LogP contribution in [0.4, 0.5) is 0 Å². The summed E-state index contributed by atoms with van der Waals surface area (Å²) in [5, 5.41) is 2.22. The molecule has 6 heteroatoms. The van der Waals surface area contributed by atoms with Gasteiger partial charge in [0.25, 0.3) is 5.56 Å². The zero-order valence-corrected chi connectivity index (χ0v) is 16.7. The average molecular weight is 404 g/mol. The number of thioether (sulfide) groups is 1. The molecule has 0 bridgehead atoms. The van der Waals surface area contributed by atoms with Gasteiger partial charge >= 0.3 is 0 Å². The molecule has 0 saturated heterocycles. The molecule has 0 radical (unpaired) electrons. The molecule has 2 aromatic heterocycles. The van der Waals surface area contributed by atoms with Crippen molar-refractivity contribution in [2.24, 2.45) is 0 Å². The largest absolute Gasteiger partial charge is 0.360 e. The van der Waals surface area contributed by atoms with Crippen LogP contribution in [-0.4, -0.2) is 26.1 Å². The van der Waals surface area contributed by atoms with Crippen molar-refractivity contribution in [3.8, 4) is 0 Å². The second-order valence-electron chi connectivity index (χ2n) is 7.48. The molecule has 1 saturated carbocycles.